The first-order chi connectivity index (χ1) is 11.4. The summed E-state index contributed by atoms with van der Waals surface area (Å²) < 4.78 is 31.0. The van der Waals surface area contributed by atoms with E-state index >= 15 is 0 Å². The molecule has 24 heavy (non-hydrogen) atoms. The van der Waals surface area contributed by atoms with E-state index in [1.54, 1.807) is 6.07 Å². The number of aromatic amines is 1. The number of imidazole rings is 1. The number of H-pyrrole nitrogens is 1. The lowest BCUT2D eigenvalue weighted by molar-refractivity contribution is 0.351. The third kappa shape index (κ3) is 2.63. The molecule has 3 aromatic rings. The SMILES string of the molecule is CNS(=O)(=O)c1ccc2[nH]c(-c3cc(O)c(O)c(OC)c3)nc2c1. The Bertz CT molecular complexity index is 1030. The van der Waals surface area contributed by atoms with Gasteiger partial charge in [0, 0.05) is 5.56 Å². The lowest BCUT2D eigenvalue weighted by atomic mass is 10.1. The van der Waals surface area contributed by atoms with Crippen molar-refractivity contribution in [1.29, 1.82) is 0 Å². The first-order valence-electron chi connectivity index (χ1n) is 6.89. The van der Waals surface area contributed by atoms with Gasteiger partial charge in [-0.3, -0.25) is 0 Å². The molecule has 0 fully saturated rings. The van der Waals surface area contributed by atoms with E-state index in [0.717, 1.165) is 0 Å². The number of aromatic hydroxyl groups is 2. The number of aromatic nitrogens is 2. The minimum absolute atomic E-state index is 0.0988. The second-order valence-corrected chi connectivity index (χ2v) is 6.90. The van der Waals surface area contributed by atoms with Gasteiger partial charge in [-0.05, 0) is 37.4 Å². The van der Waals surface area contributed by atoms with Crippen LogP contribution in [0.4, 0.5) is 0 Å². The van der Waals surface area contributed by atoms with Gasteiger partial charge < -0.3 is 19.9 Å². The molecule has 0 aliphatic heterocycles. The highest BCUT2D eigenvalue weighted by Gasteiger charge is 2.16. The number of nitrogens with one attached hydrogen (secondary N) is 2. The molecule has 3 rings (SSSR count). The van der Waals surface area contributed by atoms with E-state index in [1.165, 1.54) is 38.4 Å². The molecule has 0 saturated heterocycles. The van der Waals surface area contributed by atoms with Gasteiger partial charge in [-0.2, -0.15) is 0 Å². The van der Waals surface area contributed by atoms with Crippen molar-refractivity contribution in [2.24, 2.45) is 0 Å². The Morgan fingerprint density at radius 1 is 1.21 bits per heavy atom. The third-order valence-corrected chi connectivity index (χ3v) is 4.99. The van der Waals surface area contributed by atoms with Crippen LogP contribution in [0.5, 0.6) is 17.2 Å². The van der Waals surface area contributed by atoms with E-state index in [9.17, 15) is 18.6 Å². The van der Waals surface area contributed by atoms with Crippen molar-refractivity contribution in [3.63, 3.8) is 0 Å². The second kappa shape index (κ2) is 5.69. The topological polar surface area (TPSA) is 125 Å². The van der Waals surface area contributed by atoms with Crippen LogP contribution in [0.25, 0.3) is 22.4 Å². The van der Waals surface area contributed by atoms with Gasteiger partial charge in [0.05, 0.1) is 23.0 Å². The zero-order chi connectivity index (χ0) is 17.5. The van der Waals surface area contributed by atoms with Gasteiger partial charge in [-0.1, -0.05) is 0 Å². The lowest BCUT2D eigenvalue weighted by Crippen LogP contribution is -2.18. The highest BCUT2D eigenvalue weighted by Crippen LogP contribution is 2.39. The van der Waals surface area contributed by atoms with Gasteiger partial charge >= 0.3 is 0 Å². The maximum Gasteiger partial charge on any atom is 0.240 e. The summed E-state index contributed by atoms with van der Waals surface area (Å²) >= 11 is 0. The summed E-state index contributed by atoms with van der Waals surface area (Å²) in [5.41, 5.74) is 1.57. The predicted molar refractivity (Wildman–Crippen MR) is 87.7 cm³/mol. The summed E-state index contributed by atoms with van der Waals surface area (Å²) in [5, 5.41) is 19.5. The molecule has 2 aromatic carbocycles. The summed E-state index contributed by atoms with van der Waals surface area (Å²) in [5.74, 6) is -0.204. The van der Waals surface area contributed by atoms with Crippen molar-refractivity contribution in [2.75, 3.05) is 14.2 Å². The van der Waals surface area contributed by atoms with Crippen molar-refractivity contribution < 1.29 is 23.4 Å². The number of phenolic OH excluding ortho intramolecular Hbond substituents is 2. The first kappa shape index (κ1) is 16.1. The Kier molecular flexibility index (Phi) is 3.82. The second-order valence-electron chi connectivity index (χ2n) is 5.02. The summed E-state index contributed by atoms with van der Waals surface area (Å²) in [6.45, 7) is 0. The number of sulfonamides is 1. The summed E-state index contributed by atoms with van der Waals surface area (Å²) in [7, 11) is -0.864. The molecule has 0 bridgehead atoms. The Labute approximate surface area is 137 Å². The third-order valence-electron chi connectivity index (χ3n) is 3.58. The first-order valence-corrected chi connectivity index (χ1v) is 8.37. The van der Waals surface area contributed by atoms with E-state index in [1.807, 2.05) is 0 Å². The number of hydrogen-bond acceptors (Lipinski definition) is 6. The number of fused-ring (bicyclic) bond motifs is 1. The van der Waals surface area contributed by atoms with Gasteiger partial charge in [0.1, 0.15) is 5.82 Å². The van der Waals surface area contributed by atoms with Crippen LogP contribution in [0.1, 0.15) is 0 Å². The number of nitrogens with zero attached hydrogens (tertiary/aromatic N) is 1. The molecule has 0 spiro atoms. The highest BCUT2D eigenvalue weighted by molar-refractivity contribution is 7.89. The summed E-state index contributed by atoms with van der Waals surface area (Å²) in [4.78, 5) is 7.47. The van der Waals surface area contributed by atoms with Crippen LogP contribution in [-0.4, -0.2) is 42.8 Å². The van der Waals surface area contributed by atoms with Gasteiger partial charge in [0.25, 0.3) is 0 Å². The Morgan fingerprint density at radius 2 is 1.96 bits per heavy atom. The molecule has 0 amide bonds. The van der Waals surface area contributed by atoms with E-state index in [0.29, 0.717) is 22.4 Å². The largest absolute Gasteiger partial charge is 0.504 e. The molecular weight excluding hydrogens is 334 g/mol. The minimum Gasteiger partial charge on any atom is -0.504 e. The zero-order valence-electron chi connectivity index (χ0n) is 12.9. The molecule has 0 atom stereocenters. The number of phenols is 2. The van der Waals surface area contributed by atoms with Gasteiger partial charge in [-0.25, -0.2) is 18.1 Å². The molecule has 0 aliphatic carbocycles. The van der Waals surface area contributed by atoms with E-state index in [-0.39, 0.29) is 22.1 Å². The van der Waals surface area contributed by atoms with Crippen molar-refractivity contribution >= 4 is 21.1 Å². The standard InChI is InChI=1S/C15H15N3O5S/c1-16-24(21,22)9-3-4-10-11(7-9)18-15(17-10)8-5-12(19)14(20)13(6-8)23-2/h3-7,16,19-20H,1-2H3,(H,17,18). The Morgan fingerprint density at radius 3 is 2.62 bits per heavy atom. The molecule has 9 heteroatoms. The lowest BCUT2D eigenvalue weighted by Gasteiger charge is -2.07. The summed E-state index contributed by atoms with van der Waals surface area (Å²) in [6.07, 6.45) is 0. The maximum atomic E-state index is 11.9. The Hall–Kier alpha value is -2.78. The fraction of sp³-hybridized carbons (Fsp3) is 0.133. The Balaban J connectivity index is 2.14. The molecular formula is C15H15N3O5S. The molecule has 1 aromatic heterocycles. The quantitative estimate of drug-likeness (QED) is 0.530. The smallest absolute Gasteiger partial charge is 0.240 e. The van der Waals surface area contributed by atoms with Crippen LogP contribution < -0.4 is 9.46 Å². The van der Waals surface area contributed by atoms with Crippen molar-refractivity contribution in [3.05, 3.63) is 30.3 Å². The number of ether oxygens (including phenoxy) is 1. The number of rotatable bonds is 4. The van der Waals surface area contributed by atoms with Gasteiger partial charge in [0.15, 0.2) is 11.5 Å². The van der Waals surface area contributed by atoms with Crippen molar-refractivity contribution in [1.82, 2.24) is 14.7 Å². The fourth-order valence-corrected chi connectivity index (χ4v) is 3.04. The van der Waals surface area contributed by atoms with Crippen LogP contribution >= 0.6 is 0 Å². The monoisotopic (exact) mass is 349 g/mol. The van der Waals surface area contributed by atoms with Crippen LogP contribution in [0.2, 0.25) is 0 Å². The van der Waals surface area contributed by atoms with Crippen LogP contribution in [0.3, 0.4) is 0 Å². The average molecular weight is 349 g/mol. The molecule has 4 N–H and O–H groups in total. The van der Waals surface area contributed by atoms with Crippen LogP contribution in [-0.2, 0) is 10.0 Å². The number of benzene rings is 2. The molecule has 126 valence electrons. The average Bonchev–Trinajstić information content (AvgIpc) is 3.00. The molecule has 0 saturated carbocycles. The van der Waals surface area contributed by atoms with E-state index in [4.69, 9.17) is 4.74 Å². The van der Waals surface area contributed by atoms with Gasteiger partial charge in [0.2, 0.25) is 15.8 Å². The molecule has 0 unspecified atom stereocenters. The highest BCUT2D eigenvalue weighted by atomic mass is 32.2. The molecule has 8 nitrogen and oxygen atoms in total. The number of methoxy groups -OCH3 is 1. The van der Waals surface area contributed by atoms with Gasteiger partial charge in [-0.15, -0.1) is 0 Å². The van der Waals surface area contributed by atoms with E-state index < -0.39 is 10.0 Å². The molecule has 0 radical (unpaired) electrons. The predicted octanol–water partition coefficient (Wildman–Crippen LogP) is 1.56. The van der Waals surface area contributed by atoms with Crippen molar-refractivity contribution in [2.45, 2.75) is 4.90 Å². The summed E-state index contributed by atoms with van der Waals surface area (Å²) in [6, 6.07) is 7.36. The molecule has 0 aliphatic rings. The van der Waals surface area contributed by atoms with Crippen LogP contribution in [0, 0.1) is 0 Å². The van der Waals surface area contributed by atoms with Crippen LogP contribution in [0.15, 0.2) is 35.2 Å². The number of hydrogen-bond donors (Lipinski definition) is 4. The zero-order valence-corrected chi connectivity index (χ0v) is 13.7. The fourth-order valence-electron chi connectivity index (χ4n) is 2.29. The maximum absolute atomic E-state index is 11.9. The normalized spacial score (nSPS) is 11.8. The van der Waals surface area contributed by atoms with E-state index in [2.05, 4.69) is 14.7 Å². The van der Waals surface area contributed by atoms with Crippen molar-refractivity contribution in [3.8, 4) is 28.6 Å². The molecule has 1 heterocycles. The minimum atomic E-state index is -3.56.